The molecule has 4 heteroatoms. The van der Waals surface area contributed by atoms with Crippen LogP contribution in [0.2, 0.25) is 0 Å². The molecule has 4 nitrogen and oxygen atoms in total. The van der Waals surface area contributed by atoms with Gasteiger partial charge < -0.3 is 15.8 Å². The van der Waals surface area contributed by atoms with E-state index in [9.17, 15) is 0 Å². The summed E-state index contributed by atoms with van der Waals surface area (Å²) in [6, 6.07) is 3.89. The van der Waals surface area contributed by atoms with Crippen molar-refractivity contribution in [3.8, 4) is 0 Å². The fourth-order valence-electron chi connectivity index (χ4n) is 1.77. The molecular weight excluding hydrogens is 202 g/mol. The molecule has 2 rings (SSSR count). The monoisotopic (exact) mass is 217 g/mol. The number of aromatic nitrogens is 1. The average Bonchev–Trinajstić information content (AvgIpc) is 2.30. The molecule has 0 radical (unpaired) electrons. The summed E-state index contributed by atoms with van der Waals surface area (Å²) in [5, 5.41) is 3.11. The molecule has 16 heavy (non-hydrogen) atoms. The van der Waals surface area contributed by atoms with Gasteiger partial charge in [-0.2, -0.15) is 0 Å². The Bertz CT molecular complexity index is 439. The molecule has 0 aliphatic carbocycles. The van der Waals surface area contributed by atoms with Crippen molar-refractivity contribution in [1.29, 1.82) is 0 Å². The van der Waals surface area contributed by atoms with Crippen LogP contribution in [-0.2, 0) is 4.74 Å². The van der Waals surface area contributed by atoms with E-state index in [1.807, 2.05) is 31.2 Å². The van der Waals surface area contributed by atoms with Gasteiger partial charge in [-0.05, 0) is 19.1 Å². The van der Waals surface area contributed by atoms with Crippen LogP contribution in [0.15, 0.2) is 42.5 Å². The van der Waals surface area contributed by atoms with Crippen LogP contribution in [0.1, 0.15) is 12.5 Å². The molecule has 84 valence electrons. The molecule has 1 aromatic heterocycles. The van der Waals surface area contributed by atoms with Crippen LogP contribution >= 0.6 is 0 Å². The molecule has 0 saturated heterocycles. The number of nitrogens with two attached hydrogens (primary N) is 1. The predicted molar refractivity (Wildman–Crippen MR) is 63.0 cm³/mol. The SMILES string of the molecule is COC1(C)NC(N)=CC=C1c1cccnc1. The highest BCUT2D eigenvalue weighted by Crippen LogP contribution is 2.30. The Balaban J connectivity index is 2.45. The van der Waals surface area contributed by atoms with Gasteiger partial charge in [0.2, 0.25) is 0 Å². The molecule has 1 aliphatic rings. The summed E-state index contributed by atoms with van der Waals surface area (Å²) in [6.45, 7) is 1.94. The topological polar surface area (TPSA) is 60.2 Å². The van der Waals surface area contributed by atoms with E-state index in [-0.39, 0.29) is 0 Å². The molecule has 0 aromatic carbocycles. The van der Waals surface area contributed by atoms with Crippen molar-refractivity contribution < 1.29 is 4.74 Å². The quantitative estimate of drug-likeness (QED) is 0.782. The molecule has 3 N–H and O–H groups in total. The van der Waals surface area contributed by atoms with E-state index < -0.39 is 5.72 Å². The van der Waals surface area contributed by atoms with E-state index >= 15 is 0 Å². The van der Waals surface area contributed by atoms with Gasteiger partial charge in [-0.15, -0.1) is 0 Å². The summed E-state index contributed by atoms with van der Waals surface area (Å²) in [7, 11) is 1.65. The summed E-state index contributed by atoms with van der Waals surface area (Å²) in [6.07, 6.45) is 7.32. The van der Waals surface area contributed by atoms with Crippen LogP contribution in [0, 0.1) is 0 Å². The van der Waals surface area contributed by atoms with Crippen LogP contribution in [0.25, 0.3) is 5.57 Å². The maximum Gasteiger partial charge on any atom is 0.163 e. The number of pyridine rings is 1. The van der Waals surface area contributed by atoms with Crippen molar-refractivity contribution in [2.45, 2.75) is 12.6 Å². The summed E-state index contributed by atoms with van der Waals surface area (Å²) >= 11 is 0. The molecule has 0 fully saturated rings. The second kappa shape index (κ2) is 3.98. The van der Waals surface area contributed by atoms with Gasteiger partial charge in [0.15, 0.2) is 5.72 Å². The molecule has 0 bridgehead atoms. The first-order valence-electron chi connectivity index (χ1n) is 5.07. The lowest BCUT2D eigenvalue weighted by Crippen LogP contribution is -2.47. The van der Waals surface area contributed by atoms with Gasteiger partial charge in [-0.3, -0.25) is 4.98 Å². The highest BCUT2D eigenvalue weighted by atomic mass is 16.5. The third-order valence-electron chi connectivity index (χ3n) is 2.71. The normalized spacial score (nSPS) is 24.4. The second-order valence-corrected chi connectivity index (χ2v) is 3.81. The zero-order valence-corrected chi connectivity index (χ0v) is 9.40. The smallest absolute Gasteiger partial charge is 0.163 e. The van der Waals surface area contributed by atoms with E-state index in [1.165, 1.54) is 0 Å². The highest BCUT2D eigenvalue weighted by Gasteiger charge is 2.31. The number of dihydropyridines is 1. The van der Waals surface area contributed by atoms with Gasteiger partial charge in [0, 0.05) is 30.6 Å². The van der Waals surface area contributed by atoms with Gasteiger partial charge in [-0.25, -0.2) is 0 Å². The fraction of sp³-hybridized carbons (Fsp3) is 0.250. The van der Waals surface area contributed by atoms with Crippen molar-refractivity contribution in [3.05, 3.63) is 48.1 Å². The van der Waals surface area contributed by atoms with Gasteiger partial charge in [0.05, 0.1) is 5.82 Å². The van der Waals surface area contributed by atoms with E-state index in [2.05, 4.69) is 10.3 Å². The van der Waals surface area contributed by atoms with Crippen molar-refractivity contribution in [2.24, 2.45) is 5.73 Å². The molecule has 1 aliphatic heterocycles. The van der Waals surface area contributed by atoms with Crippen LogP contribution in [0.3, 0.4) is 0 Å². The molecule has 0 saturated carbocycles. The van der Waals surface area contributed by atoms with Crippen molar-refractivity contribution in [1.82, 2.24) is 10.3 Å². The molecular formula is C12H15N3O. The summed E-state index contributed by atoms with van der Waals surface area (Å²) in [5.74, 6) is 0.594. The third kappa shape index (κ3) is 1.79. The maximum atomic E-state index is 5.74. The van der Waals surface area contributed by atoms with E-state index in [1.54, 1.807) is 19.5 Å². The molecule has 1 atom stereocenters. The molecule has 0 spiro atoms. The number of hydrogen-bond donors (Lipinski definition) is 2. The Morgan fingerprint density at radius 3 is 2.88 bits per heavy atom. The Labute approximate surface area is 94.8 Å². The number of methoxy groups -OCH3 is 1. The number of hydrogen-bond acceptors (Lipinski definition) is 4. The van der Waals surface area contributed by atoms with Crippen molar-refractivity contribution in [3.63, 3.8) is 0 Å². The Morgan fingerprint density at radius 2 is 2.25 bits per heavy atom. The number of nitrogens with zero attached hydrogens (tertiary/aromatic N) is 1. The lowest BCUT2D eigenvalue weighted by atomic mass is 9.95. The lowest BCUT2D eigenvalue weighted by molar-refractivity contribution is 0.0353. The first kappa shape index (κ1) is 10.7. The van der Waals surface area contributed by atoms with Gasteiger partial charge in [-0.1, -0.05) is 12.1 Å². The second-order valence-electron chi connectivity index (χ2n) is 3.81. The first-order chi connectivity index (χ1) is 7.65. The van der Waals surface area contributed by atoms with E-state index in [4.69, 9.17) is 10.5 Å². The Kier molecular flexibility index (Phi) is 2.66. The van der Waals surface area contributed by atoms with Gasteiger partial charge >= 0.3 is 0 Å². The average molecular weight is 217 g/mol. The number of ether oxygens (including phenoxy) is 1. The van der Waals surface area contributed by atoms with Crippen molar-refractivity contribution in [2.75, 3.05) is 7.11 Å². The van der Waals surface area contributed by atoms with Crippen LogP contribution < -0.4 is 11.1 Å². The predicted octanol–water partition coefficient (Wildman–Crippen LogP) is 1.23. The van der Waals surface area contributed by atoms with Gasteiger partial charge in [0.25, 0.3) is 0 Å². The first-order valence-corrected chi connectivity index (χ1v) is 5.07. The summed E-state index contributed by atoms with van der Waals surface area (Å²) in [5.41, 5.74) is 7.15. The summed E-state index contributed by atoms with van der Waals surface area (Å²) in [4.78, 5) is 4.10. The van der Waals surface area contributed by atoms with Crippen molar-refractivity contribution >= 4 is 5.57 Å². The third-order valence-corrected chi connectivity index (χ3v) is 2.71. The number of nitrogens with one attached hydrogen (secondary N) is 1. The molecule has 1 unspecified atom stereocenters. The fourth-order valence-corrected chi connectivity index (χ4v) is 1.77. The van der Waals surface area contributed by atoms with Crippen LogP contribution in [-0.4, -0.2) is 17.8 Å². The van der Waals surface area contributed by atoms with Crippen LogP contribution in [0.5, 0.6) is 0 Å². The lowest BCUT2D eigenvalue weighted by Gasteiger charge is -2.35. The molecule has 0 amide bonds. The Hall–Kier alpha value is -1.81. The summed E-state index contributed by atoms with van der Waals surface area (Å²) < 4.78 is 5.49. The van der Waals surface area contributed by atoms with Crippen LogP contribution in [0.4, 0.5) is 0 Å². The minimum atomic E-state index is -0.609. The molecule has 1 aromatic rings. The zero-order valence-electron chi connectivity index (χ0n) is 9.40. The largest absolute Gasteiger partial charge is 0.385 e. The minimum Gasteiger partial charge on any atom is -0.385 e. The minimum absolute atomic E-state index is 0.594. The number of rotatable bonds is 2. The number of allylic oxidation sites excluding steroid dienone is 2. The van der Waals surface area contributed by atoms with Gasteiger partial charge in [0.1, 0.15) is 0 Å². The standard InChI is InChI=1S/C12H15N3O/c1-12(16-2)10(5-6-11(13)15-12)9-4-3-7-14-8-9/h3-8,15H,13H2,1-2H3. The Morgan fingerprint density at radius 1 is 1.44 bits per heavy atom. The highest BCUT2D eigenvalue weighted by molar-refractivity contribution is 5.74. The maximum absolute atomic E-state index is 5.74. The molecule has 2 heterocycles. The zero-order chi connectivity index (χ0) is 11.6. The van der Waals surface area contributed by atoms with E-state index in [0.717, 1.165) is 11.1 Å². The van der Waals surface area contributed by atoms with E-state index in [0.29, 0.717) is 5.82 Å².